The molecule has 3 aromatic rings. The summed E-state index contributed by atoms with van der Waals surface area (Å²) >= 11 is 1.63. The summed E-state index contributed by atoms with van der Waals surface area (Å²) in [6.45, 7) is 4.70. The van der Waals surface area contributed by atoms with Crippen LogP contribution in [0.3, 0.4) is 0 Å². The van der Waals surface area contributed by atoms with Crippen LogP contribution in [0.1, 0.15) is 17.5 Å². The van der Waals surface area contributed by atoms with Crippen molar-refractivity contribution < 1.29 is 4.52 Å². The van der Waals surface area contributed by atoms with Gasteiger partial charge in [0.05, 0.1) is 18.8 Å². The van der Waals surface area contributed by atoms with Crippen LogP contribution in [0.2, 0.25) is 0 Å². The lowest BCUT2D eigenvalue weighted by atomic mass is 10.1. The molecular weight excluding hydrogens is 286 g/mol. The first-order chi connectivity index (χ1) is 10.3. The Morgan fingerprint density at radius 1 is 1.43 bits per heavy atom. The zero-order chi connectivity index (χ0) is 14.2. The summed E-state index contributed by atoms with van der Waals surface area (Å²) in [5, 5.41) is 12.4. The van der Waals surface area contributed by atoms with Crippen LogP contribution in [0.4, 0.5) is 0 Å². The van der Waals surface area contributed by atoms with Gasteiger partial charge in [-0.2, -0.15) is 21.4 Å². The van der Waals surface area contributed by atoms with Gasteiger partial charge in [0.25, 0.3) is 0 Å². The predicted octanol–water partition coefficient (Wildman–Crippen LogP) is 2.36. The second-order valence-electron chi connectivity index (χ2n) is 5.37. The Kier molecular flexibility index (Phi) is 3.08. The van der Waals surface area contributed by atoms with E-state index in [2.05, 4.69) is 33.3 Å². The number of rotatable bonds is 4. The molecule has 3 aromatic heterocycles. The SMILES string of the molecule is Cc1cnn(C2CN(Cc3nc(-c4ccsc4)no3)C2)c1. The monoisotopic (exact) mass is 301 g/mol. The van der Waals surface area contributed by atoms with Crippen LogP contribution < -0.4 is 0 Å². The molecule has 1 saturated heterocycles. The smallest absolute Gasteiger partial charge is 0.241 e. The van der Waals surface area contributed by atoms with Gasteiger partial charge in [0.15, 0.2) is 0 Å². The largest absolute Gasteiger partial charge is 0.338 e. The fourth-order valence-electron chi connectivity index (χ4n) is 2.49. The molecule has 0 unspecified atom stereocenters. The Bertz CT molecular complexity index is 726. The van der Waals surface area contributed by atoms with Crippen LogP contribution in [0, 0.1) is 6.92 Å². The zero-order valence-corrected chi connectivity index (χ0v) is 12.5. The lowest BCUT2D eigenvalue weighted by molar-refractivity contribution is 0.0790. The molecule has 108 valence electrons. The Hall–Kier alpha value is -1.99. The highest BCUT2D eigenvalue weighted by molar-refractivity contribution is 7.08. The fraction of sp³-hybridized carbons (Fsp3) is 0.357. The molecule has 4 rings (SSSR count). The van der Waals surface area contributed by atoms with E-state index in [0.717, 1.165) is 18.7 Å². The summed E-state index contributed by atoms with van der Waals surface area (Å²) in [6.07, 6.45) is 3.98. The molecule has 21 heavy (non-hydrogen) atoms. The molecule has 1 aliphatic rings. The molecule has 0 bridgehead atoms. The van der Waals surface area contributed by atoms with Crippen LogP contribution >= 0.6 is 11.3 Å². The molecule has 0 aromatic carbocycles. The molecule has 0 saturated carbocycles. The van der Waals surface area contributed by atoms with Gasteiger partial charge in [0, 0.05) is 30.2 Å². The molecule has 4 heterocycles. The first-order valence-corrected chi connectivity index (χ1v) is 7.80. The number of nitrogens with zero attached hydrogens (tertiary/aromatic N) is 5. The topological polar surface area (TPSA) is 60.0 Å². The van der Waals surface area contributed by atoms with Gasteiger partial charge in [-0.15, -0.1) is 0 Å². The average molecular weight is 301 g/mol. The normalized spacial score (nSPS) is 16.2. The van der Waals surface area contributed by atoms with E-state index in [1.807, 2.05) is 27.7 Å². The number of thiophene rings is 1. The van der Waals surface area contributed by atoms with E-state index < -0.39 is 0 Å². The third kappa shape index (κ3) is 2.50. The first-order valence-electron chi connectivity index (χ1n) is 6.86. The van der Waals surface area contributed by atoms with Gasteiger partial charge in [-0.3, -0.25) is 9.58 Å². The van der Waals surface area contributed by atoms with Crippen LogP contribution in [-0.2, 0) is 6.54 Å². The van der Waals surface area contributed by atoms with Crippen molar-refractivity contribution >= 4 is 11.3 Å². The maximum atomic E-state index is 5.32. The first kappa shape index (κ1) is 12.7. The molecule has 1 fully saturated rings. The molecule has 0 spiro atoms. The van der Waals surface area contributed by atoms with E-state index in [1.54, 1.807) is 11.3 Å². The standard InChI is InChI=1S/C14H15N5OS/c1-10-4-15-19(5-10)12-6-18(7-12)8-13-16-14(17-20-13)11-2-3-21-9-11/h2-5,9,12H,6-8H2,1H3. The number of aryl methyl sites for hydroxylation is 1. The minimum atomic E-state index is 0.456. The summed E-state index contributed by atoms with van der Waals surface area (Å²) < 4.78 is 7.36. The molecule has 0 radical (unpaired) electrons. The molecule has 6 nitrogen and oxygen atoms in total. The van der Waals surface area contributed by atoms with E-state index in [4.69, 9.17) is 4.52 Å². The fourth-order valence-corrected chi connectivity index (χ4v) is 3.13. The summed E-state index contributed by atoms with van der Waals surface area (Å²) in [7, 11) is 0. The van der Waals surface area contributed by atoms with E-state index in [-0.39, 0.29) is 0 Å². The van der Waals surface area contributed by atoms with Gasteiger partial charge in [-0.05, 0) is 23.9 Å². The van der Waals surface area contributed by atoms with E-state index >= 15 is 0 Å². The molecule has 7 heteroatoms. The lowest BCUT2D eigenvalue weighted by Crippen LogP contribution is -2.47. The Morgan fingerprint density at radius 2 is 2.33 bits per heavy atom. The Morgan fingerprint density at radius 3 is 3.05 bits per heavy atom. The second-order valence-corrected chi connectivity index (χ2v) is 6.15. The van der Waals surface area contributed by atoms with Crippen molar-refractivity contribution in [3.8, 4) is 11.4 Å². The number of aromatic nitrogens is 4. The van der Waals surface area contributed by atoms with Crippen LogP contribution in [0.15, 0.2) is 33.7 Å². The van der Waals surface area contributed by atoms with Crippen molar-refractivity contribution in [2.24, 2.45) is 0 Å². The summed E-state index contributed by atoms with van der Waals surface area (Å²) in [6, 6.07) is 2.46. The Balaban J connectivity index is 1.36. The zero-order valence-electron chi connectivity index (χ0n) is 11.6. The van der Waals surface area contributed by atoms with Gasteiger partial charge in [-0.1, -0.05) is 5.16 Å². The van der Waals surface area contributed by atoms with Crippen LogP contribution in [-0.4, -0.2) is 37.9 Å². The van der Waals surface area contributed by atoms with Gasteiger partial charge in [-0.25, -0.2) is 0 Å². The van der Waals surface area contributed by atoms with Gasteiger partial charge in [0.1, 0.15) is 0 Å². The number of likely N-dealkylation sites (tertiary alicyclic amines) is 1. The maximum Gasteiger partial charge on any atom is 0.241 e. The van der Waals surface area contributed by atoms with Crippen molar-refractivity contribution in [1.29, 1.82) is 0 Å². The van der Waals surface area contributed by atoms with E-state index in [1.165, 1.54) is 5.56 Å². The summed E-state index contributed by atoms with van der Waals surface area (Å²) in [5.74, 6) is 1.34. The van der Waals surface area contributed by atoms with Crippen molar-refractivity contribution in [3.63, 3.8) is 0 Å². The highest BCUT2D eigenvalue weighted by atomic mass is 32.1. The summed E-state index contributed by atoms with van der Waals surface area (Å²) in [4.78, 5) is 6.73. The Labute approximate surface area is 126 Å². The van der Waals surface area contributed by atoms with Crippen molar-refractivity contribution in [2.45, 2.75) is 19.5 Å². The van der Waals surface area contributed by atoms with Crippen molar-refractivity contribution in [1.82, 2.24) is 24.8 Å². The lowest BCUT2D eigenvalue weighted by Gasteiger charge is -2.38. The molecule has 0 N–H and O–H groups in total. The minimum Gasteiger partial charge on any atom is -0.338 e. The number of hydrogen-bond acceptors (Lipinski definition) is 6. The van der Waals surface area contributed by atoms with Crippen molar-refractivity contribution in [2.75, 3.05) is 13.1 Å². The average Bonchev–Trinajstić information content (AvgIpc) is 3.14. The maximum absolute atomic E-state index is 5.32. The second kappa shape index (κ2) is 5.09. The van der Waals surface area contributed by atoms with E-state index in [0.29, 0.717) is 24.3 Å². The van der Waals surface area contributed by atoms with Gasteiger partial charge in [0.2, 0.25) is 11.7 Å². The van der Waals surface area contributed by atoms with Crippen molar-refractivity contribution in [3.05, 3.63) is 40.7 Å². The number of hydrogen-bond donors (Lipinski definition) is 0. The molecule has 0 atom stereocenters. The predicted molar refractivity (Wildman–Crippen MR) is 78.9 cm³/mol. The quantitative estimate of drug-likeness (QED) is 0.740. The van der Waals surface area contributed by atoms with Gasteiger partial charge < -0.3 is 4.52 Å². The highest BCUT2D eigenvalue weighted by Gasteiger charge is 2.29. The summed E-state index contributed by atoms with van der Waals surface area (Å²) in [5.41, 5.74) is 2.22. The van der Waals surface area contributed by atoms with E-state index in [9.17, 15) is 0 Å². The molecular formula is C14H15N5OS. The highest BCUT2D eigenvalue weighted by Crippen LogP contribution is 2.24. The van der Waals surface area contributed by atoms with Crippen LogP contribution in [0.5, 0.6) is 0 Å². The third-order valence-corrected chi connectivity index (χ3v) is 4.33. The molecule has 0 aliphatic carbocycles. The minimum absolute atomic E-state index is 0.456. The molecule has 1 aliphatic heterocycles. The molecule has 0 amide bonds. The third-order valence-electron chi connectivity index (χ3n) is 3.65. The van der Waals surface area contributed by atoms with Crippen LogP contribution in [0.25, 0.3) is 11.4 Å². The van der Waals surface area contributed by atoms with Gasteiger partial charge >= 0.3 is 0 Å².